The van der Waals surface area contributed by atoms with Crippen LogP contribution in [0.2, 0.25) is 0 Å². The molecule has 0 bridgehead atoms. The number of hydrogen-bond donors (Lipinski definition) is 1. The van der Waals surface area contributed by atoms with Crippen LogP contribution in [0.3, 0.4) is 0 Å². The molecule has 1 saturated heterocycles. The third kappa shape index (κ3) is 4.87. The zero-order chi connectivity index (χ0) is 26.7. The van der Waals surface area contributed by atoms with E-state index in [-0.39, 0.29) is 18.2 Å². The molecule has 7 nitrogen and oxygen atoms in total. The molecule has 2 amide bonds. The quantitative estimate of drug-likeness (QED) is 0.177. The summed E-state index contributed by atoms with van der Waals surface area (Å²) < 4.78 is 11.7. The zero-order valence-electron chi connectivity index (χ0n) is 20.4. The smallest absolute Gasteiger partial charge is 0.334 e. The van der Waals surface area contributed by atoms with Gasteiger partial charge in [-0.1, -0.05) is 66.7 Å². The third-order valence-corrected chi connectivity index (χ3v) is 8.95. The molecular formula is C28H25ClN2O5S2. The summed E-state index contributed by atoms with van der Waals surface area (Å²) >= 11 is 8.95. The van der Waals surface area contributed by atoms with Crippen LogP contribution in [-0.4, -0.2) is 52.8 Å². The Labute approximate surface area is 233 Å². The van der Waals surface area contributed by atoms with Gasteiger partial charge in [-0.2, -0.15) is 0 Å². The maximum Gasteiger partial charge on any atom is 0.334 e. The van der Waals surface area contributed by atoms with Gasteiger partial charge in [0.05, 0.1) is 6.42 Å². The second kappa shape index (κ2) is 11.3. The fourth-order valence-corrected chi connectivity index (χ4v) is 6.98. The summed E-state index contributed by atoms with van der Waals surface area (Å²) in [6, 6.07) is 21.5. The van der Waals surface area contributed by atoms with Crippen LogP contribution in [0, 0.1) is 0 Å². The van der Waals surface area contributed by atoms with E-state index in [0.29, 0.717) is 5.57 Å². The molecule has 1 fully saturated rings. The number of nitrogens with zero attached hydrogens (tertiary/aromatic N) is 1. The van der Waals surface area contributed by atoms with Crippen molar-refractivity contribution < 1.29 is 23.9 Å². The molecule has 0 radical (unpaired) electrons. The van der Waals surface area contributed by atoms with E-state index < -0.39 is 35.1 Å². The number of amides is 2. The first-order valence-electron chi connectivity index (χ1n) is 11.9. The monoisotopic (exact) mass is 568 g/mol. The highest BCUT2D eigenvalue weighted by atomic mass is 35.5. The number of carbonyl (C=O) groups excluding carboxylic acids is 3. The number of fused-ring (bicyclic) bond motifs is 1. The van der Waals surface area contributed by atoms with Crippen molar-refractivity contribution in [2.75, 3.05) is 13.0 Å². The summed E-state index contributed by atoms with van der Waals surface area (Å²) in [5.74, 6) is -1.44. The Hall–Kier alpha value is -3.11. The van der Waals surface area contributed by atoms with Gasteiger partial charge in [-0.3, -0.25) is 9.59 Å². The molecule has 3 aromatic rings. The third-order valence-electron chi connectivity index (χ3n) is 6.51. The molecule has 1 aromatic heterocycles. The number of thioether (sulfide) groups is 1. The van der Waals surface area contributed by atoms with Gasteiger partial charge in [-0.05, 0) is 33.6 Å². The first kappa shape index (κ1) is 26.5. The Kier molecular flexibility index (Phi) is 7.90. The predicted molar refractivity (Wildman–Crippen MR) is 148 cm³/mol. The van der Waals surface area contributed by atoms with Crippen molar-refractivity contribution in [1.29, 1.82) is 0 Å². The number of carbonyl (C=O) groups is 3. The fourth-order valence-electron chi connectivity index (χ4n) is 4.65. The Morgan fingerprint density at radius 3 is 2.26 bits per heavy atom. The molecule has 10 heteroatoms. The molecule has 1 N–H and O–H groups in total. The van der Waals surface area contributed by atoms with Gasteiger partial charge in [0.2, 0.25) is 5.91 Å². The first-order valence-corrected chi connectivity index (χ1v) is 14.3. The van der Waals surface area contributed by atoms with Crippen molar-refractivity contribution in [2.24, 2.45) is 0 Å². The minimum atomic E-state index is -1.59. The number of benzene rings is 2. The number of hydrogen-bond acceptors (Lipinski definition) is 7. The molecule has 196 valence electrons. The number of halogens is 1. The Balaban J connectivity index is 1.40. The van der Waals surface area contributed by atoms with Gasteiger partial charge in [0.25, 0.3) is 11.6 Å². The van der Waals surface area contributed by atoms with Crippen molar-refractivity contribution in [1.82, 2.24) is 10.2 Å². The Bertz CT molecular complexity index is 1300. The minimum Gasteiger partial charge on any atom is -0.451 e. The molecule has 1 unspecified atom stereocenters. The number of methoxy groups -OCH3 is 1. The van der Waals surface area contributed by atoms with Gasteiger partial charge < -0.3 is 19.7 Å². The molecular weight excluding hydrogens is 544 g/mol. The van der Waals surface area contributed by atoms with Crippen LogP contribution in [0.15, 0.2) is 89.2 Å². The zero-order valence-corrected chi connectivity index (χ0v) is 22.8. The normalized spacial score (nSPS) is 22.3. The van der Waals surface area contributed by atoms with Crippen LogP contribution in [0.1, 0.15) is 22.1 Å². The summed E-state index contributed by atoms with van der Waals surface area (Å²) in [5.41, 5.74) is 0.546. The molecule has 2 aliphatic heterocycles. The lowest BCUT2D eigenvalue weighted by molar-refractivity contribution is -0.202. The molecule has 3 atom stereocenters. The van der Waals surface area contributed by atoms with Gasteiger partial charge in [-0.25, -0.2) is 4.79 Å². The summed E-state index contributed by atoms with van der Waals surface area (Å²) in [7, 11) is 1.37. The van der Waals surface area contributed by atoms with E-state index in [4.69, 9.17) is 21.1 Å². The number of nitrogens with one attached hydrogen (secondary N) is 1. The predicted octanol–water partition coefficient (Wildman–Crippen LogP) is 4.49. The highest BCUT2D eigenvalue weighted by Gasteiger charge is 2.67. The van der Waals surface area contributed by atoms with Gasteiger partial charge in [-0.15, -0.1) is 34.7 Å². The van der Waals surface area contributed by atoms with Gasteiger partial charge in [0.15, 0.2) is 12.1 Å². The topological polar surface area (TPSA) is 84.9 Å². The summed E-state index contributed by atoms with van der Waals surface area (Å²) in [5, 5.41) is 5.75. The van der Waals surface area contributed by atoms with E-state index in [1.54, 1.807) is 5.41 Å². The van der Waals surface area contributed by atoms with Crippen molar-refractivity contribution in [3.63, 3.8) is 0 Å². The molecule has 2 aromatic carbocycles. The SMILES string of the molecule is CO[C@@]1(NC(=O)Cc2cccs2)C(=O)N2C(C(=O)OC(c3ccccc3)c3ccccc3)C(CCl)=CS[C@H]21. The van der Waals surface area contributed by atoms with Crippen molar-refractivity contribution in [3.8, 4) is 0 Å². The van der Waals surface area contributed by atoms with E-state index in [9.17, 15) is 14.4 Å². The van der Waals surface area contributed by atoms with E-state index in [2.05, 4.69) is 5.32 Å². The van der Waals surface area contributed by atoms with Crippen LogP contribution in [0.4, 0.5) is 0 Å². The molecule has 38 heavy (non-hydrogen) atoms. The Morgan fingerprint density at radius 2 is 1.71 bits per heavy atom. The van der Waals surface area contributed by atoms with Crippen LogP contribution in [0.5, 0.6) is 0 Å². The van der Waals surface area contributed by atoms with Gasteiger partial charge in [0.1, 0.15) is 5.37 Å². The van der Waals surface area contributed by atoms with E-state index in [1.165, 1.54) is 35.1 Å². The van der Waals surface area contributed by atoms with Crippen LogP contribution in [-0.2, 0) is 30.3 Å². The van der Waals surface area contributed by atoms with Gasteiger partial charge in [0, 0.05) is 17.9 Å². The molecule has 0 aliphatic carbocycles. The first-order chi connectivity index (χ1) is 18.5. The number of ether oxygens (including phenoxy) is 2. The van der Waals surface area contributed by atoms with Crippen molar-refractivity contribution in [2.45, 2.75) is 29.7 Å². The number of thiophene rings is 1. The van der Waals surface area contributed by atoms with Crippen molar-refractivity contribution >= 4 is 52.5 Å². The molecule has 0 saturated carbocycles. The lowest BCUT2D eigenvalue weighted by Crippen LogP contribution is -2.83. The average molecular weight is 569 g/mol. The maximum absolute atomic E-state index is 13.7. The van der Waals surface area contributed by atoms with Gasteiger partial charge >= 0.3 is 5.97 Å². The lowest BCUT2D eigenvalue weighted by atomic mass is 9.94. The van der Waals surface area contributed by atoms with Crippen LogP contribution in [0.25, 0.3) is 0 Å². The summed E-state index contributed by atoms with van der Waals surface area (Å²) in [4.78, 5) is 42.4. The standard InChI is InChI=1S/C28H25ClN2O5S2/c1-35-28(30-22(32)15-21-13-8-14-37-21)26(34)31-23(20(16-29)17-38-27(28)31)25(33)36-24(18-9-4-2-5-10-18)19-11-6-3-7-12-19/h2-14,17,23-24,27H,15-16H2,1H3,(H,30,32)/t23?,27-,28-/m0/s1. The second-order valence-corrected chi connectivity index (χ2v) is 11.1. The summed E-state index contributed by atoms with van der Waals surface area (Å²) in [6.45, 7) is 0. The average Bonchev–Trinajstić information content (AvgIpc) is 3.47. The fraction of sp³-hybridized carbons (Fsp3) is 0.250. The molecule has 2 aliphatic rings. The minimum absolute atomic E-state index is 0.0370. The lowest BCUT2D eigenvalue weighted by Gasteiger charge is -2.57. The largest absolute Gasteiger partial charge is 0.451 e. The Morgan fingerprint density at radius 1 is 1.05 bits per heavy atom. The highest BCUT2D eigenvalue weighted by molar-refractivity contribution is 8.03. The molecule has 3 heterocycles. The van der Waals surface area contributed by atoms with Crippen molar-refractivity contribution in [3.05, 3.63) is 105 Å². The number of β-lactam (4-membered cyclic amide) rings is 1. The number of alkyl halides is 1. The molecule has 0 spiro atoms. The maximum atomic E-state index is 13.7. The van der Waals surface area contributed by atoms with E-state index >= 15 is 0 Å². The van der Waals surface area contributed by atoms with Crippen LogP contribution >= 0.6 is 34.7 Å². The number of rotatable bonds is 9. The van der Waals surface area contributed by atoms with Crippen LogP contribution < -0.4 is 5.32 Å². The second-order valence-electron chi connectivity index (χ2n) is 8.81. The summed E-state index contributed by atoms with van der Waals surface area (Å²) in [6.07, 6.45) is -0.555. The van der Waals surface area contributed by atoms with E-state index in [1.807, 2.05) is 78.2 Å². The highest BCUT2D eigenvalue weighted by Crippen LogP contribution is 2.47. The number of esters is 1. The van der Waals surface area contributed by atoms with E-state index in [0.717, 1.165) is 16.0 Å². The molecule has 5 rings (SSSR count).